The number of thioether (sulfide) groups is 1. The molecule has 2 heterocycles. The Morgan fingerprint density at radius 1 is 1.75 bits per heavy atom. The van der Waals surface area contributed by atoms with Gasteiger partial charge in [-0.05, 0) is 6.07 Å². The Morgan fingerprint density at radius 2 is 2.50 bits per heavy atom. The first-order valence-corrected chi connectivity index (χ1v) is 5.72. The van der Waals surface area contributed by atoms with E-state index in [1.807, 2.05) is 0 Å². The Kier molecular flexibility index (Phi) is 3.17. The van der Waals surface area contributed by atoms with Crippen molar-refractivity contribution in [2.75, 3.05) is 18.1 Å². The SMILES string of the molecule is Nc1ccn([C@@H]2CS[C@H](CO)O2)c(=O)c1F. The van der Waals surface area contributed by atoms with Crippen LogP contribution in [0.4, 0.5) is 10.1 Å². The standard InChI is InChI=1S/C9H11FN2O3S/c10-8-5(11)1-2-12(9(8)14)6-4-16-7(3-13)15-6/h1-2,6-7,13H,3-4,11H2/t6-,7+/m0/s1. The summed E-state index contributed by atoms with van der Waals surface area (Å²) in [6, 6.07) is 1.32. The summed E-state index contributed by atoms with van der Waals surface area (Å²) in [5.74, 6) is -0.474. The summed E-state index contributed by atoms with van der Waals surface area (Å²) in [6.07, 6.45) is 0.843. The van der Waals surface area contributed by atoms with E-state index in [1.54, 1.807) is 0 Å². The van der Waals surface area contributed by atoms with E-state index in [9.17, 15) is 9.18 Å². The minimum atomic E-state index is -0.969. The van der Waals surface area contributed by atoms with Crippen molar-refractivity contribution in [3.63, 3.8) is 0 Å². The Morgan fingerprint density at radius 3 is 3.12 bits per heavy atom. The van der Waals surface area contributed by atoms with Crippen LogP contribution in [0.5, 0.6) is 0 Å². The highest BCUT2D eigenvalue weighted by molar-refractivity contribution is 8.00. The molecule has 1 aromatic rings. The first kappa shape index (κ1) is 11.4. The number of nitrogens with two attached hydrogens (primary N) is 1. The second-order valence-electron chi connectivity index (χ2n) is 3.33. The molecule has 16 heavy (non-hydrogen) atoms. The van der Waals surface area contributed by atoms with Crippen molar-refractivity contribution in [1.82, 2.24) is 4.57 Å². The number of aliphatic hydroxyl groups is 1. The van der Waals surface area contributed by atoms with Gasteiger partial charge in [0.25, 0.3) is 5.56 Å². The molecule has 1 fully saturated rings. The summed E-state index contributed by atoms with van der Waals surface area (Å²) >= 11 is 1.38. The predicted octanol–water partition coefficient (Wildman–Crippen LogP) is 0.150. The molecular weight excluding hydrogens is 235 g/mol. The first-order valence-electron chi connectivity index (χ1n) is 4.67. The molecule has 5 nitrogen and oxygen atoms in total. The van der Waals surface area contributed by atoms with E-state index in [1.165, 1.54) is 24.0 Å². The molecule has 1 aromatic heterocycles. The minimum absolute atomic E-state index is 0.132. The first-order chi connectivity index (χ1) is 7.63. The number of aromatic nitrogens is 1. The third kappa shape index (κ3) is 1.93. The van der Waals surface area contributed by atoms with Gasteiger partial charge in [0.05, 0.1) is 12.3 Å². The molecule has 2 rings (SSSR count). The van der Waals surface area contributed by atoms with Gasteiger partial charge in [-0.3, -0.25) is 9.36 Å². The summed E-state index contributed by atoms with van der Waals surface area (Å²) < 4.78 is 19.7. The Hall–Kier alpha value is -1.05. The lowest BCUT2D eigenvalue weighted by Gasteiger charge is -2.14. The van der Waals surface area contributed by atoms with E-state index in [0.29, 0.717) is 5.75 Å². The van der Waals surface area contributed by atoms with Gasteiger partial charge in [-0.1, -0.05) is 0 Å². The van der Waals surface area contributed by atoms with Gasteiger partial charge in [-0.2, -0.15) is 4.39 Å². The Balaban J connectivity index is 2.29. The van der Waals surface area contributed by atoms with Crippen molar-refractivity contribution >= 4 is 17.4 Å². The van der Waals surface area contributed by atoms with Gasteiger partial charge in [0.15, 0.2) is 0 Å². The fourth-order valence-corrected chi connectivity index (χ4v) is 2.38. The maximum absolute atomic E-state index is 13.3. The molecule has 1 aliphatic heterocycles. The highest BCUT2D eigenvalue weighted by Gasteiger charge is 2.27. The zero-order valence-corrected chi connectivity index (χ0v) is 9.11. The Bertz CT molecular complexity index is 451. The molecule has 0 amide bonds. The van der Waals surface area contributed by atoms with E-state index in [2.05, 4.69) is 0 Å². The molecule has 0 aromatic carbocycles. The third-order valence-electron chi connectivity index (χ3n) is 2.28. The van der Waals surface area contributed by atoms with E-state index >= 15 is 0 Å². The molecule has 2 atom stereocenters. The number of nitrogen functional groups attached to an aromatic ring is 1. The fourth-order valence-electron chi connectivity index (χ4n) is 1.45. The van der Waals surface area contributed by atoms with Crippen molar-refractivity contribution in [2.24, 2.45) is 0 Å². The van der Waals surface area contributed by atoms with Gasteiger partial charge < -0.3 is 15.6 Å². The van der Waals surface area contributed by atoms with Gasteiger partial charge in [-0.25, -0.2) is 0 Å². The van der Waals surface area contributed by atoms with Crippen LogP contribution in [0.1, 0.15) is 6.23 Å². The number of hydrogen-bond acceptors (Lipinski definition) is 5. The van der Waals surface area contributed by atoms with Crippen LogP contribution < -0.4 is 11.3 Å². The summed E-state index contributed by atoms with van der Waals surface area (Å²) in [7, 11) is 0. The number of nitrogens with zero attached hydrogens (tertiary/aromatic N) is 1. The second-order valence-corrected chi connectivity index (χ2v) is 4.53. The van der Waals surface area contributed by atoms with Crippen LogP contribution in [0.15, 0.2) is 17.1 Å². The molecule has 0 saturated carbocycles. The van der Waals surface area contributed by atoms with Gasteiger partial charge in [0, 0.05) is 11.9 Å². The van der Waals surface area contributed by atoms with E-state index in [4.69, 9.17) is 15.6 Å². The molecule has 0 spiro atoms. The van der Waals surface area contributed by atoms with E-state index in [0.717, 1.165) is 4.57 Å². The highest BCUT2D eigenvalue weighted by Crippen LogP contribution is 2.30. The smallest absolute Gasteiger partial charge is 0.290 e. The molecule has 0 unspecified atom stereocenters. The van der Waals surface area contributed by atoms with Gasteiger partial charge >= 0.3 is 0 Å². The number of ether oxygens (including phenoxy) is 1. The lowest BCUT2D eigenvalue weighted by Crippen LogP contribution is -2.29. The number of halogens is 1. The molecule has 7 heteroatoms. The topological polar surface area (TPSA) is 77.5 Å². The molecule has 0 aliphatic carbocycles. The lowest BCUT2D eigenvalue weighted by molar-refractivity contribution is -0.00615. The van der Waals surface area contributed by atoms with Crippen molar-refractivity contribution in [3.8, 4) is 0 Å². The zero-order chi connectivity index (χ0) is 11.7. The number of hydrogen-bond donors (Lipinski definition) is 2. The van der Waals surface area contributed by atoms with Gasteiger partial charge in [-0.15, -0.1) is 11.8 Å². The van der Waals surface area contributed by atoms with Crippen LogP contribution in [0.2, 0.25) is 0 Å². The maximum atomic E-state index is 13.3. The number of anilines is 1. The quantitative estimate of drug-likeness (QED) is 0.776. The third-order valence-corrected chi connectivity index (χ3v) is 3.39. The van der Waals surface area contributed by atoms with Crippen LogP contribution in [0, 0.1) is 5.82 Å². The van der Waals surface area contributed by atoms with Crippen LogP contribution in [-0.4, -0.2) is 27.5 Å². The molecule has 88 valence electrons. The van der Waals surface area contributed by atoms with Crippen LogP contribution in [0.25, 0.3) is 0 Å². The maximum Gasteiger partial charge on any atom is 0.290 e. The van der Waals surface area contributed by atoms with Gasteiger partial charge in [0.1, 0.15) is 11.7 Å². The zero-order valence-electron chi connectivity index (χ0n) is 8.30. The number of rotatable bonds is 2. The molecule has 0 bridgehead atoms. The van der Waals surface area contributed by atoms with Crippen molar-refractivity contribution < 1.29 is 14.2 Å². The molecule has 1 aliphatic rings. The predicted molar refractivity (Wildman–Crippen MR) is 58.5 cm³/mol. The summed E-state index contributed by atoms with van der Waals surface area (Å²) in [6.45, 7) is -0.132. The highest BCUT2D eigenvalue weighted by atomic mass is 32.2. The summed E-state index contributed by atoms with van der Waals surface area (Å²) in [5.41, 5.74) is 3.93. The normalized spacial score (nSPS) is 24.9. The lowest BCUT2D eigenvalue weighted by atomic mass is 10.4. The number of pyridine rings is 1. The van der Waals surface area contributed by atoms with Crippen LogP contribution in [0.3, 0.4) is 0 Å². The van der Waals surface area contributed by atoms with E-state index in [-0.39, 0.29) is 17.7 Å². The minimum Gasteiger partial charge on any atom is -0.396 e. The van der Waals surface area contributed by atoms with Crippen LogP contribution >= 0.6 is 11.8 Å². The number of aliphatic hydroxyl groups excluding tert-OH is 1. The Labute approximate surface area is 95.0 Å². The summed E-state index contributed by atoms with van der Waals surface area (Å²) in [5, 5.41) is 8.87. The van der Waals surface area contributed by atoms with E-state index < -0.39 is 17.6 Å². The van der Waals surface area contributed by atoms with Crippen molar-refractivity contribution in [3.05, 3.63) is 28.4 Å². The summed E-state index contributed by atoms with van der Waals surface area (Å²) in [4.78, 5) is 11.5. The molecular formula is C9H11FN2O3S. The molecule has 0 radical (unpaired) electrons. The van der Waals surface area contributed by atoms with Crippen molar-refractivity contribution in [2.45, 2.75) is 11.7 Å². The molecule has 1 saturated heterocycles. The van der Waals surface area contributed by atoms with Crippen molar-refractivity contribution in [1.29, 1.82) is 0 Å². The monoisotopic (exact) mass is 246 g/mol. The average molecular weight is 246 g/mol. The van der Waals surface area contributed by atoms with Gasteiger partial charge in [0.2, 0.25) is 5.82 Å². The second kappa shape index (κ2) is 4.44. The average Bonchev–Trinajstić information content (AvgIpc) is 2.74. The molecule has 3 N–H and O–H groups in total. The fraction of sp³-hybridized carbons (Fsp3) is 0.444. The van der Waals surface area contributed by atoms with Crippen LogP contribution in [-0.2, 0) is 4.74 Å². The largest absolute Gasteiger partial charge is 0.396 e.